The minimum Gasteiger partial charge on any atom is -0.492 e. The topological polar surface area (TPSA) is 108 Å². The zero-order valence-electron chi connectivity index (χ0n) is 20.2. The van der Waals surface area contributed by atoms with E-state index in [0.717, 1.165) is 28.9 Å². The molecule has 0 atom stereocenters. The van der Waals surface area contributed by atoms with E-state index in [1.165, 1.54) is 12.1 Å². The van der Waals surface area contributed by atoms with Gasteiger partial charge >= 0.3 is 0 Å². The van der Waals surface area contributed by atoms with Crippen molar-refractivity contribution in [3.63, 3.8) is 0 Å². The third-order valence-electron chi connectivity index (χ3n) is 5.99. The molecule has 0 aliphatic carbocycles. The number of rotatable bonds is 7. The number of halogens is 1. The number of imidazole rings is 1. The second-order valence-electron chi connectivity index (χ2n) is 8.87. The molecule has 0 radical (unpaired) electrons. The van der Waals surface area contributed by atoms with Crippen LogP contribution in [0.5, 0.6) is 5.75 Å². The summed E-state index contributed by atoms with van der Waals surface area (Å²) in [5.41, 5.74) is 6.36. The van der Waals surface area contributed by atoms with Gasteiger partial charge in [0.15, 0.2) is 17.2 Å². The quantitative estimate of drug-likeness (QED) is 0.331. The Labute approximate surface area is 211 Å². The smallest absolute Gasteiger partial charge is 0.178 e. The summed E-state index contributed by atoms with van der Waals surface area (Å²) >= 11 is 0. The first kappa shape index (κ1) is 22.7. The summed E-state index contributed by atoms with van der Waals surface area (Å²) in [6, 6.07) is 14.2. The molecule has 2 N–H and O–H groups in total. The second-order valence-corrected chi connectivity index (χ2v) is 8.87. The SMILES string of the molecule is CN(C)CCOc1cc(F)cc(-c2ccnc3nc(-c4n[nH]c5ccc(-c6ccncc6)nc45)[nH]c23)c1. The number of H-pyrrole nitrogens is 2. The average Bonchev–Trinajstić information content (AvgIpc) is 3.52. The highest BCUT2D eigenvalue weighted by atomic mass is 19.1. The lowest BCUT2D eigenvalue weighted by Crippen LogP contribution is -2.19. The highest BCUT2D eigenvalue weighted by Crippen LogP contribution is 2.33. The summed E-state index contributed by atoms with van der Waals surface area (Å²) in [5.74, 6) is 0.598. The molecule has 0 unspecified atom stereocenters. The summed E-state index contributed by atoms with van der Waals surface area (Å²) in [6.45, 7) is 1.18. The first-order valence-corrected chi connectivity index (χ1v) is 11.7. The first-order chi connectivity index (χ1) is 18.0. The number of aromatic amines is 2. The fourth-order valence-electron chi connectivity index (χ4n) is 4.16. The lowest BCUT2D eigenvalue weighted by atomic mass is 10.1. The lowest BCUT2D eigenvalue weighted by Gasteiger charge is -2.12. The van der Waals surface area contributed by atoms with Gasteiger partial charge in [-0.1, -0.05) is 0 Å². The van der Waals surface area contributed by atoms with Crippen LogP contribution in [0.25, 0.3) is 56.1 Å². The van der Waals surface area contributed by atoms with Crippen molar-refractivity contribution in [1.82, 2.24) is 40.0 Å². The minimum atomic E-state index is -0.381. The van der Waals surface area contributed by atoms with Crippen molar-refractivity contribution in [3.8, 4) is 39.7 Å². The Balaban J connectivity index is 1.41. The normalized spacial score (nSPS) is 11.6. The van der Waals surface area contributed by atoms with Crippen LogP contribution in [-0.2, 0) is 0 Å². The standard InChI is InChI=1S/C27H23FN8O/c1-36(2)11-12-37-19-14-17(13-18(28)15-19)20-7-10-30-26-23(20)32-27(33-26)25-24-22(34-35-25)4-3-21(31-24)16-5-8-29-9-6-16/h3-10,13-15H,11-12H2,1-2H3,(H,34,35)(H,30,32,33). The number of aromatic nitrogens is 7. The van der Waals surface area contributed by atoms with Crippen LogP contribution < -0.4 is 4.74 Å². The number of hydrogen-bond donors (Lipinski definition) is 2. The van der Waals surface area contributed by atoms with Gasteiger partial charge in [-0.3, -0.25) is 10.1 Å². The molecule has 184 valence electrons. The van der Waals surface area contributed by atoms with Crippen LogP contribution in [0.3, 0.4) is 0 Å². The summed E-state index contributed by atoms with van der Waals surface area (Å²) < 4.78 is 20.3. The van der Waals surface area contributed by atoms with E-state index in [1.807, 2.05) is 55.4 Å². The van der Waals surface area contributed by atoms with Crippen LogP contribution >= 0.6 is 0 Å². The van der Waals surface area contributed by atoms with Crippen molar-refractivity contribution in [3.05, 3.63) is 72.9 Å². The number of pyridine rings is 3. The maximum Gasteiger partial charge on any atom is 0.178 e. The monoisotopic (exact) mass is 494 g/mol. The highest BCUT2D eigenvalue weighted by molar-refractivity contribution is 5.95. The Morgan fingerprint density at radius 3 is 2.65 bits per heavy atom. The molecule has 5 heterocycles. The van der Waals surface area contributed by atoms with E-state index in [0.29, 0.717) is 46.1 Å². The van der Waals surface area contributed by atoms with Crippen molar-refractivity contribution < 1.29 is 9.13 Å². The summed E-state index contributed by atoms with van der Waals surface area (Å²) in [7, 11) is 3.92. The Morgan fingerprint density at radius 2 is 1.81 bits per heavy atom. The molecule has 9 nitrogen and oxygen atoms in total. The number of nitrogens with one attached hydrogen (secondary N) is 2. The molecule has 0 saturated heterocycles. The van der Waals surface area contributed by atoms with Crippen molar-refractivity contribution >= 4 is 22.2 Å². The third-order valence-corrected chi connectivity index (χ3v) is 5.99. The van der Waals surface area contributed by atoms with Crippen LogP contribution in [0, 0.1) is 5.82 Å². The molecule has 0 amide bonds. The number of hydrogen-bond acceptors (Lipinski definition) is 7. The Bertz CT molecular complexity index is 1710. The molecule has 6 aromatic rings. The van der Waals surface area contributed by atoms with Gasteiger partial charge in [0, 0.05) is 42.3 Å². The van der Waals surface area contributed by atoms with Crippen molar-refractivity contribution in [2.45, 2.75) is 0 Å². The predicted octanol–water partition coefficient (Wildman–Crippen LogP) is 4.70. The van der Waals surface area contributed by atoms with Crippen molar-refractivity contribution in [2.75, 3.05) is 27.2 Å². The van der Waals surface area contributed by atoms with Gasteiger partial charge in [0.25, 0.3) is 0 Å². The summed E-state index contributed by atoms with van der Waals surface area (Å²) in [5, 5.41) is 7.49. The third kappa shape index (κ3) is 4.50. The fraction of sp³-hybridized carbons (Fsp3) is 0.148. The van der Waals surface area contributed by atoms with Gasteiger partial charge in [-0.05, 0) is 62.1 Å². The molecule has 0 spiro atoms. The predicted molar refractivity (Wildman–Crippen MR) is 139 cm³/mol. The minimum absolute atomic E-state index is 0.381. The zero-order valence-corrected chi connectivity index (χ0v) is 20.2. The first-order valence-electron chi connectivity index (χ1n) is 11.7. The number of nitrogens with zero attached hydrogens (tertiary/aromatic N) is 6. The van der Waals surface area contributed by atoms with E-state index in [4.69, 9.17) is 9.72 Å². The van der Waals surface area contributed by atoms with E-state index >= 15 is 0 Å². The molecule has 6 rings (SSSR count). The maximum absolute atomic E-state index is 14.5. The van der Waals surface area contributed by atoms with E-state index in [1.54, 1.807) is 18.6 Å². The molecule has 5 aromatic heterocycles. The van der Waals surface area contributed by atoms with Gasteiger partial charge < -0.3 is 14.6 Å². The van der Waals surface area contributed by atoms with Crippen LogP contribution in [0.2, 0.25) is 0 Å². The van der Waals surface area contributed by atoms with Gasteiger partial charge in [0.2, 0.25) is 0 Å². The number of benzene rings is 1. The van der Waals surface area contributed by atoms with Crippen molar-refractivity contribution in [2.24, 2.45) is 0 Å². The molecule has 0 saturated carbocycles. The number of fused-ring (bicyclic) bond motifs is 2. The number of ether oxygens (including phenoxy) is 1. The molecule has 10 heteroatoms. The van der Waals surface area contributed by atoms with Gasteiger partial charge in [-0.25, -0.2) is 19.3 Å². The Hall–Kier alpha value is -4.70. The summed E-state index contributed by atoms with van der Waals surface area (Å²) in [4.78, 5) is 23.3. The van der Waals surface area contributed by atoms with Crippen LogP contribution in [0.1, 0.15) is 0 Å². The second kappa shape index (κ2) is 9.40. The molecule has 0 aliphatic rings. The molecule has 0 fully saturated rings. The Morgan fingerprint density at radius 1 is 0.946 bits per heavy atom. The zero-order chi connectivity index (χ0) is 25.4. The molecule has 0 aliphatic heterocycles. The van der Waals surface area contributed by atoms with Crippen molar-refractivity contribution in [1.29, 1.82) is 0 Å². The van der Waals surface area contributed by atoms with Gasteiger partial charge in [-0.15, -0.1) is 0 Å². The van der Waals surface area contributed by atoms with E-state index in [2.05, 4.69) is 30.1 Å². The lowest BCUT2D eigenvalue weighted by molar-refractivity contribution is 0.260. The highest BCUT2D eigenvalue weighted by Gasteiger charge is 2.18. The van der Waals surface area contributed by atoms with Crippen LogP contribution in [-0.4, -0.2) is 67.3 Å². The van der Waals surface area contributed by atoms with Gasteiger partial charge in [0.1, 0.15) is 23.7 Å². The maximum atomic E-state index is 14.5. The average molecular weight is 495 g/mol. The molecular formula is C27H23FN8O. The molecule has 1 aromatic carbocycles. The van der Waals surface area contributed by atoms with E-state index in [9.17, 15) is 4.39 Å². The number of likely N-dealkylation sites (N-methyl/N-ethyl adjacent to an activating group) is 1. The molecular weight excluding hydrogens is 471 g/mol. The van der Waals surface area contributed by atoms with Gasteiger partial charge in [0.05, 0.1) is 16.7 Å². The van der Waals surface area contributed by atoms with Gasteiger partial charge in [-0.2, -0.15) is 5.10 Å². The largest absolute Gasteiger partial charge is 0.492 e. The Kier molecular flexibility index (Phi) is 5.78. The molecule has 0 bridgehead atoms. The molecule has 37 heavy (non-hydrogen) atoms. The fourth-order valence-corrected chi connectivity index (χ4v) is 4.16. The van der Waals surface area contributed by atoms with E-state index < -0.39 is 0 Å². The van der Waals surface area contributed by atoms with E-state index in [-0.39, 0.29) is 5.82 Å². The van der Waals surface area contributed by atoms with Crippen LogP contribution in [0.15, 0.2) is 67.1 Å². The van der Waals surface area contributed by atoms with Crippen LogP contribution in [0.4, 0.5) is 4.39 Å². The summed E-state index contributed by atoms with van der Waals surface area (Å²) in [6.07, 6.45) is 5.12.